The summed E-state index contributed by atoms with van der Waals surface area (Å²) in [5.74, 6) is 0.204. The van der Waals surface area contributed by atoms with Gasteiger partial charge < -0.3 is 21.1 Å². The molecule has 1 aromatic heterocycles. The zero-order valence-electron chi connectivity index (χ0n) is 16.7. The number of benzene rings is 2. The van der Waals surface area contributed by atoms with E-state index in [1.807, 2.05) is 28.8 Å². The number of guanidine groups is 1. The zero-order valence-corrected chi connectivity index (χ0v) is 16.7. The number of aromatic hydroxyl groups is 1. The van der Waals surface area contributed by atoms with Crippen LogP contribution in [-0.2, 0) is 6.54 Å². The SMILES string of the molecule is NC(N)=N/N=C/C1CCCN1Cc1cc(O)cn1-c1ccc(-c2ccccc2)cc1. The average molecular weight is 403 g/mol. The van der Waals surface area contributed by atoms with Gasteiger partial charge in [0.2, 0.25) is 5.96 Å². The minimum Gasteiger partial charge on any atom is -0.506 e. The van der Waals surface area contributed by atoms with Gasteiger partial charge in [0.25, 0.3) is 0 Å². The highest BCUT2D eigenvalue weighted by Gasteiger charge is 2.24. The molecule has 1 saturated heterocycles. The Morgan fingerprint density at radius 3 is 2.53 bits per heavy atom. The van der Waals surface area contributed by atoms with Crippen LogP contribution >= 0.6 is 0 Å². The smallest absolute Gasteiger partial charge is 0.211 e. The summed E-state index contributed by atoms with van der Waals surface area (Å²) in [6.45, 7) is 1.65. The van der Waals surface area contributed by atoms with Crippen molar-refractivity contribution in [3.8, 4) is 22.6 Å². The van der Waals surface area contributed by atoms with E-state index >= 15 is 0 Å². The van der Waals surface area contributed by atoms with E-state index in [-0.39, 0.29) is 17.8 Å². The van der Waals surface area contributed by atoms with Crippen LogP contribution in [0.5, 0.6) is 5.75 Å². The molecule has 4 rings (SSSR count). The molecule has 154 valence electrons. The molecule has 2 aromatic carbocycles. The van der Waals surface area contributed by atoms with Gasteiger partial charge in [-0.05, 0) is 42.6 Å². The Kier molecular flexibility index (Phi) is 5.81. The average Bonchev–Trinajstić information content (AvgIpc) is 3.35. The first kappa shape index (κ1) is 19.7. The molecular formula is C23H26N6O. The molecule has 1 unspecified atom stereocenters. The molecule has 3 aromatic rings. The Morgan fingerprint density at radius 2 is 1.80 bits per heavy atom. The summed E-state index contributed by atoms with van der Waals surface area (Å²) < 4.78 is 2.03. The van der Waals surface area contributed by atoms with Gasteiger partial charge in [0.05, 0.1) is 6.20 Å². The highest BCUT2D eigenvalue weighted by atomic mass is 16.3. The molecule has 1 fully saturated rings. The Morgan fingerprint density at radius 1 is 1.07 bits per heavy atom. The lowest BCUT2D eigenvalue weighted by molar-refractivity contribution is 0.292. The molecular weight excluding hydrogens is 376 g/mol. The van der Waals surface area contributed by atoms with Crippen LogP contribution in [0.1, 0.15) is 18.5 Å². The Balaban J connectivity index is 1.54. The molecule has 1 aliphatic heterocycles. The molecule has 0 aliphatic carbocycles. The van der Waals surface area contributed by atoms with Crippen LogP contribution in [0.15, 0.2) is 77.1 Å². The molecule has 0 spiro atoms. The fourth-order valence-electron chi connectivity index (χ4n) is 3.90. The quantitative estimate of drug-likeness (QED) is 0.335. The van der Waals surface area contributed by atoms with Gasteiger partial charge in [0.1, 0.15) is 5.75 Å². The van der Waals surface area contributed by atoms with Crippen LogP contribution < -0.4 is 11.5 Å². The third-order valence-corrected chi connectivity index (χ3v) is 5.33. The molecule has 7 nitrogen and oxygen atoms in total. The van der Waals surface area contributed by atoms with E-state index in [0.717, 1.165) is 36.3 Å². The Labute approximate surface area is 176 Å². The summed E-state index contributed by atoms with van der Waals surface area (Å²) in [6, 6.07) is 20.6. The van der Waals surface area contributed by atoms with Crippen molar-refractivity contribution >= 4 is 12.2 Å². The first-order valence-electron chi connectivity index (χ1n) is 10.0. The standard InChI is InChI=1S/C23H26N6O/c24-23(25)27-26-14-20-7-4-12-28(20)15-21-13-22(30)16-29(21)19-10-8-18(9-11-19)17-5-2-1-3-6-17/h1-3,5-6,8-11,13-14,16,20,30H,4,7,12,15H2,(H4,24,25,27)/b26-14+. The minimum absolute atomic E-state index is 0.0476. The summed E-state index contributed by atoms with van der Waals surface area (Å²) in [4.78, 5) is 2.31. The highest BCUT2D eigenvalue weighted by molar-refractivity contribution is 5.76. The first-order chi connectivity index (χ1) is 14.6. The zero-order chi connectivity index (χ0) is 20.9. The highest BCUT2D eigenvalue weighted by Crippen LogP contribution is 2.26. The molecule has 2 heterocycles. The lowest BCUT2D eigenvalue weighted by atomic mass is 10.1. The molecule has 5 N–H and O–H groups in total. The van der Waals surface area contributed by atoms with Crippen molar-refractivity contribution in [3.63, 3.8) is 0 Å². The van der Waals surface area contributed by atoms with Crippen molar-refractivity contribution in [2.24, 2.45) is 21.7 Å². The third kappa shape index (κ3) is 4.52. The van der Waals surface area contributed by atoms with Gasteiger partial charge in [-0.1, -0.05) is 42.5 Å². The fourth-order valence-corrected chi connectivity index (χ4v) is 3.90. The molecule has 0 saturated carbocycles. The number of rotatable bonds is 6. The maximum atomic E-state index is 10.2. The van der Waals surface area contributed by atoms with Crippen LogP contribution in [0, 0.1) is 0 Å². The van der Waals surface area contributed by atoms with Crippen LogP contribution in [0.2, 0.25) is 0 Å². The van der Waals surface area contributed by atoms with Gasteiger partial charge in [-0.25, -0.2) is 0 Å². The summed E-state index contributed by atoms with van der Waals surface area (Å²) in [7, 11) is 0. The fraction of sp³-hybridized carbons (Fsp3) is 0.217. The number of hydrogen-bond donors (Lipinski definition) is 3. The van der Waals surface area contributed by atoms with Crippen LogP contribution in [0.3, 0.4) is 0 Å². The van der Waals surface area contributed by atoms with E-state index in [2.05, 4.69) is 51.5 Å². The molecule has 1 aliphatic rings. The Hall–Kier alpha value is -3.58. The van der Waals surface area contributed by atoms with Crippen LogP contribution in [0.4, 0.5) is 0 Å². The molecule has 0 amide bonds. The third-order valence-electron chi connectivity index (χ3n) is 5.33. The van der Waals surface area contributed by atoms with Gasteiger partial charge in [0, 0.05) is 36.2 Å². The molecule has 30 heavy (non-hydrogen) atoms. The second-order valence-corrected chi connectivity index (χ2v) is 7.44. The number of nitrogens with two attached hydrogens (primary N) is 2. The number of hydrogen-bond acceptors (Lipinski definition) is 4. The minimum atomic E-state index is -0.0476. The van der Waals surface area contributed by atoms with E-state index in [0.29, 0.717) is 6.54 Å². The van der Waals surface area contributed by atoms with E-state index in [1.165, 1.54) is 5.56 Å². The summed E-state index contributed by atoms with van der Waals surface area (Å²) in [5.41, 5.74) is 15.0. The summed E-state index contributed by atoms with van der Waals surface area (Å²) in [6.07, 6.45) is 5.62. The van der Waals surface area contributed by atoms with Gasteiger partial charge in [0.15, 0.2) is 0 Å². The van der Waals surface area contributed by atoms with Crippen molar-refractivity contribution in [2.75, 3.05) is 6.54 Å². The van der Waals surface area contributed by atoms with Gasteiger partial charge in [-0.3, -0.25) is 4.90 Å². The largest absolute Gasteiger partial charge is 0.506 e. The van der Waals surface area contributed by atoms with Crippen molar-refractivity contribution in [3.05, 3.63) is 72.6 Å². The van der Waals surface area contributed by atoms with E-state index in [4.69, 9.17) is 11.5 Å². The van der Waals surface area contributed by atoms with Gasteiger partial charge in [-0.2, -0.15) is 5.10 Å². The van der Waals surface area contributed by atoms with Crippen molar-refractivity contribution < 1.29 is 5.11 Å². The van der Waals surface area contributed by atoms with Gasteiger partial charge in [-0.15, -0.1) is 5.10 Å². The second kappa shape index (κ2) is 8.84. The summed E-state index contributed by atoms with van der Waals surface area (Å²) in [5, 5.41) is 17.8. The van der Waals surface area contributed by atoms with Crippen LogP contribution in [-0.4, -0.2) is 39.3 Å². The first-order valence-corrected chi connectivity index (χ1v) is 10.0. The normalized spacial score (nSPS) is 16.9. The predicted octanol–water partition coefficient (Wildman–Crippen LogP) is 3.07. The number of nitrogens with zero attached hydrogens (tertiary/aromatic N) is 4. The second-order valence-electron chi connectivity index (χ2n) is 7.44. The van der Waals surface area contributed by atoms with Gasteiger partial charge >= 0.3 is 0 Å². The number of likely N-dealkylation sites (tertiary alicyclic amines) is 1. The molecule has 0 radical (unpaired) electrons. The maximum absolute atomic E-state index is 10.2. The number of aromatic nitrogens is 1. The van der Waals surface area contributed by atoms with Crippen molar-refractivity contribution in [1.29, 1.82) is 0 Å². The Bertz CT molecular complexity index is 1040. The van der Waals surface area contributed by atoms with E-state index < -0.39 is 0 Å². The summed E-state index contributed by atoms with van der Waals surface area (Å²) >= 11 is 0. The molecule has 1 atom stereocenters. The molecule has 0 bridgehead atoms. The predicted molar refractivity (Wildman–Crippen MR) is 121 cm³/mol. The van der Waals surface area contributed by atoms with Crippen molar-refractivity contribution in [2.45, 2.75) is 25.4 Å². The van der Waals surface area contributed by atoms with Crippen LogP contribution in [0.25, 0.3) is 16.8 Å². The van der Waals surface area contributed by atoms with E-state index in [1.54, 1.807) is 12.4 Å². The molecule has 7 heteroatoms. The lowest BCUT2D eigenvalue weighted by Crippen LogP contribution is -2.31. The van der Waals surface area contributed by atoms with E-state index in [9.17, 15) is 5.11 Å². The topological polar surface area (TPSA) is 105 Å². The lowest BCUT2D eigenvalue weighted by Gasteiger charge is -2.22. The van der Waals surface area contributed by atoms with Crippen molar-refractivity contribution in [1.82, 2.24) is 9.47 Å². The monoisotopic (exact) mass is 402 g/mol. The maximum Gasteiger partial charge on any atom is 0.211 e.